The molecule has 31 heavy (non-hydrogen) atoms. The number of nitrogens with zero attached hydrogens (tertiary/aromatic N) is 7. The Bertz CT molecular complexity index is 1170. The van der Waals surface area contributed by atoms with E-state index in [-0.39, 0.29) is 23.4 Å². The molecule has 0 bridgehead atoms. The second kappa shape index (κ2) is 8.66. The zero-order valence-electron chi connectivity index (χ0n) is 16.9. The van der Waals surface area contributed by atoms with Crippen LogP contribution >= 0.6 is 0 Å². The Morgan fingerprint density at radius 3 is 3.06 bits per heavy atom. The summed E-state index contributed by atoms with van der Waals surface area (Å²) >= 11 is 0. The highest BCUT2D eigenvalue weighted by Crippen LogP contribution is 2.21. The molecule has 1 atom stereocenters. The molecule has 1 saturated heterocycles. The zero-order valence-corrected chi connectivity index (χ0v) is 16.9. The standard InChI is InChI=1S/C20H21N9O2/c1-3-17(30)23-15-6-7-16-25-20(27-29(16)12-15)28-8-4-5-14(11-28)24-19-22-10-13(9-21)18(26-19)31-2/h3,6-7,10,12,14H,1,4-5,8,11H2,2H3,(H,23,30)(H,22,24,26)/t14-/m1/s1. The van der Waals surface area contributed by atoms with E-state index in [4.69, 9.17) is 10.00 Å². The predicted molar refractivity (Wildman–Crippen MR) is 114 cm³/mol. The fourth-order valence-corrected chi connectivity index (χ4v) is 3.40. The monoisotopic (exact) mass is 419 g/mol. The Hall–Kier alpha value is -4.20. The van der Waals surface area contributed by atoms with E-state index in [1.54, 1.807) is 22.8 Å². The summed E-state index contributed by atoms with van der Waals surface area (Å²) in [5.74, 6) is 0.977. The van der Waals surface area contributed by atoms with Crippen LogP contribution in [-0.4, -0.2) is 56.7 Å². The van der Waals surface area contributed by atoms with Gasteiger partial charge in [0.25, 0.3) is 0 Å². The molecule has 1 amide bonds. The van der Waals surface area contributed by atoms with E-state index in [2.05, 4.69) is 42.2 Å². The molecule has 0 saturated carbocycles. The largest absolute Gasteiger partial charge is 0.480 e. The topological polar surface area (TPSA) is 133 Å². The van der Waals surface area contributed by atoms with E-state index in [0.29, 0.717) is 29.8 Å². The lowest BCUT2D eigenvalue weighted by molar-refractivity contribution is -0.111. The van der Waals surface area contributed by atoms with Gasteiger partial charge in [-0.3, -0.25) is 4.79 Å². The molecule has 11 heteroatoms. The van der Waals surface area contributed by atoms with E-state index in [9.17, 15) is 4.79 Å². The maximum atomic E-state index is 11.5. The summed E-state index contributed by atoms with van der Waals surface area (Å²) in [4.78, 5) is 26.7. The smallest absolute Gasteiger partial charge is 0.247 e. The van der Waals surface area contributed by atoms with E-state index < -0.39 is 0 Å². The van der Waals surface area contributed by atoms with Gasteiger partial charge in [-0.1, -0.05) is 6.58 Å². The van der Waals surface area contributed by atoms with Crippen molar-refractivity contribution in [2.24, 2.45) is 0 Å². The maximum Gasteiger partial charge on any atom is 0.247 e. The Balaban J connectivity index is 1.48. The van der Waals surface area contributed by atoms with Crippen LogP contribution in [0.2, 0.25) is 0 Å². The van der Waals surface area contributed by atoms with Crippen LogP contribution in [-0.2, 0) is 4.79 Å². The van der Waals surface area contributed by atoms with Crippen molar-refractivity contribution < 1.29 is 9.53 Å². The molecule has 3 aromatic rings. The van der Waals surface area contributed by atoms with Gasteiger partial charge in [-0.2, -0.15) is 15.2 Å². The molecule has 11 nitrogen and oxygen atoms in total. The third kappa shape index (κ3) is 4.37. The van der Waals surface area contributed by atoms with Gasteiger partial charge in [0.05, 0.1) is 25.2 Å². The van der Waals surface area contributed by atoms with Gasteiger partial charge in [0, 0.05) is 19.1 Å². The number of hydrogen-bond donors (Lipinski definition) is 2. The third-order valence-corrected chi connectivity index (χ3v) is 4.88. The van der Waals surface area contributed by atoms with Crippen LogP contribution in [0.3, 0.4) is 0 Å². The van der Waals surface area contributed by atoms with E-state index in [1.807, 2.05) is 6.07 Å². The number of pyridine rings is 1. The molecule has 1 fully saturated rings. The number of hydrogen-bond acceptors (Lipinski definition) is 9. The average Bonchev–Trinajstić information content (AvgIpc) is 3.22. The zero-order chi connectivity index (χ0) is 21.8. The van der Waals surface area contributed by atoms with Crippen molar-refractivity contribution in [3.05, 3.63) is 42.7 Å². The van der Waals surface area contributed by atoms with Crippen LogP contribution < -0.4 is 20.3 Å². The second-order valence-corrected chi connectivity index (χ2v) is 6.98. The van der Waals surface area contributed by atoms with Gasteiger partial charge >= 0.3 is 0 Å². The molecule has 158 valence electrons. The predicted octanol–water partition coefficient (Wildman–Crippen LogP) is 1.60. The number of nitrogens with one attached hydrogen (secondary N) is 2. The molecule has 2 N–H and O–H groups in total. The number of anilines is 3. The molecular formula is C20H21N9O2. The lowest BCUT2D eigenvalue weighted by Crippen LogP contribution is -2.43. The van der Waals surface area contributed by atoms with Crippen molar-refractivity contribution in [3.8, 4) is 11.9 Å². The van der Waals surface area contributed by atoms with E-state index in [0.717, 1.165) is 19.4 Å². The summed E-state index contributed by atoms with van der Waals surface area (Å²) in [6.45, 7) is 4.95. The molecule has 0 aromatic carbocycles. The maximum absolute atomic E-state index is 11.5. The first-order valence-electron chi connectivity index (χ1n) is 9.72. The van der Waals surface area contributed by atoms with Crippen molar-refractivity contribution in [2.75, 3.05) is 35.7 Å². The number of fused-ring (bicyclic) bond motifs is 1. The lowest BCUT2D eigenvalue weighted by Gasteiger charge is -2.32. The number of rotatable bonds is 6. The Kier molecular flexibility index (Phi) is 5.61. The van der Waals surface area contributed by atoms with Crippen LogP contribution in [0.5, 0.6) is 5.88 Å². The minimum Gasteiger partial charge on any atom is -0.480 e. The van der Waals surface area contributed by atoms with Crippen LogP contribution in [0.25, 0.3) is 5.65 Å². The quantitative estimate of drug-likeness (QED) is 0.571. The minimum absolute atomic E-state index is 0.0837. The highest BCUT2D eigenvalue weighted by atomic mass is 16.5. The minimum atomic E-state index is -0.286. The molecule has 0 radical (unpaired) electrons. The van der Waals surface area contributed by atoms with Crippen molar-refractivity contribution in [3.63, 3.8) is 0 Å². The summed E-state index contributed by atoms with van der Waals surface area (Å²) < 4.78 is 6.79. The van der Waals surface area contributed by atoms with Crippen LogP contribution in [0.15, 0.2) is 37.2 Å². The van der Waals surface area contributed by atoms with Gasteiger partial charge in [0.2, 0.25) is 23.7 Å². The normalized spacial score (nSPS) is 15.9. The summed E-state index contributed by atoms with van der Waals surface area (Å²) in [6, 6.07) is 5.65. The average molecular weight is 419 g/mol. The molecule has 0 aliphatic carbocycles. The highest BCUT2D eigenvalue weighted by Gasteiger charge is 2.24. The number of methoxy groups -OCH3 is 1. The molecule has 1 aliphatic rings. The molecular weight excluding hydrogens is 398 g/mol. The van der Waals surface area contributed by atoms with E-state index >= 15 is 0 Å². The van der Waals surface area contributed by atoms with Gasteiger partial charge in [0.15, 0.2) is 5.65 Å². The van der Waals surface area contributed by atoms with Gasteiger partial charge in [-0.15, -0.1) is 5.10 Å². The van der Waals surface area contributed by atoms with Crippen molar-refractivity contribution in [1.82, 2.24) is 24.6 Å². The van der Waals surface area contributed by atoms with Gasteiger partial charge in [0.1, 0.15) is 11.6 Å². The Labute approximate surface area is 178 Å². The second-order valence-electron chi connectivity index (χ2n) is 6.98. The van der Waals surface area contributed by atoms with Crippen molar-refractivity contribution in [1.29, 1.82) is 5.26 Å². The van der Waals surface area contributed by atoms with Crippen LogP contribution in [0.4, 0.5) is 17.6 Å². The van der Waals surface area contributed by atoms with Crippen LogP contribution in [0, 0.1) is 11.3 Å². The highest BCUT2D eigenvalue weighted by molar-refractivity contribution is 5.98. The molecule has 0 unspecified atom stereocenters. The number of carbonyl (C=O) groups is 1. The summed E-state index contributed by atoms with van der Waals surface area (Å²) in [7, 11) is 1.47. The number of carbonyl (C=O) groups excluding carboxylic acids is 1. The fourth-order valence-electron chi connectivity index (χ4n) is 3.40. The van der Waals surface area contributed by atoms with Crippen LogP contribution in [0.1, 0.15) is 18.4 Å². The van der Waals surface area contributed by atoms with Crippen molar-refractivity contribution in [2.45, 2.75) is 18.9 Å². The number of ether oxygens (including phenoxy) is 1. The summed E-state index contributed by atoms with van der Waals surface area (Å²) in [5, 5.41) is 19.7. The molecule has 4 rings (SSSR count). The van der Waals surface area contributed by atoms with Gasteiger partial charge < -0.3 is 20.3 Å². The summed E-state index contributed by atoms with van der Waals surface area (Å²) in [5.41, 5.74) is 1.58. The van der Waals surface area contributed by atoms with Gasteiger partial charge in [-0.25, -0.2) is 9.50 Å². The first kappa shape index (κ1) is 20.1. The van der Waals surface area contributed by atoms with E-state index in [1.165, 1.54) is 19.4 Å². The molecule has 3 aromatic heterocycles. The molecule has 0 spiro atoms. The Morgan fingerprint density at radius 1 is 1.42 bits per heavy atom. The first-order chi connectivity index (χ1) is 15.1. The number of piperidine rings is 1. The molecule has 1 aliphatic heterocycles. The molecule has 4 heterocycles. The first-order valence-corrected chi connectivity index (χ1v) is 9.72. The third-order valence-electron chi connectivity index (χ3n) is 4.88. The SMILES string of the molecule is C=CC(=O)Nc1ccc2nc(N3CCC[C@@H](Nc4ncc(C#N)c(OC)n4)C3)nn2c1. The summed E-state index contributed by atoms with van der Waals surface area (Å²) in [6.07, 6.45) is 6.25. The van der Waals surface area contributed by atoms with Crippen molar-refractivity contribution >= 4 is 29.1 Å². The lowest BCUT2D eigenvalue weighted by atomic mass is 10.1. The Morgan fingerprint density at radius 2 is 2.29 bits per heavy atom. The number of aromatic nitrogens is 5. The fraction of sp³-hybridized carbons (Fsp3) is 0.300. The van der Waals surface area contributed by atoms with Gasteiger partial charge in [-0.05, 0) is 31.1 Å². The number of amides is 1. The number of nitriles is 1.